The first kappa shape index (κ1) is 17.2. The third-order valence-electron chi connectivity index (χ3n) is 4.23. The number of hydrazone groups is 1. The maximum atomic E-state index is 12.7. The Morgan fingerprint density at radius 1 is 1.28 bits per heavy atom. The Kier molecular flexibility index (Phi) is 4.85. The molecule has 6 nitrogen and oxygen atoms in total. The summed E-state index contributed by atoms with van der Waals surface area (Å²) in [6, 6.07) is 7.63. The zero-order valence-corrected chi connectivity index (χ0v) is 15.0. The van der Waals surface area contributed by atoms with Crippen LogP contribution in [-0.4, -0.2) is 16.7 Å². The van der Waals surface area contributed by atoms with Gasteiger partial charge in [0.05, 0.1) is 5.71 Å². The van der Waals surface area contributed by atoms with E-state index in [0.29, 0.717) is 5.76 Å². The van der Waals surface area contributed by atoms with Crippen molar-refractivity contribution in [2.45, 2.75) is 33.1 Å². The molecule has 130 valence electrons. The van der Waals surface area contributed by atoms with Crippen LogP contribution in [0.15, 0.2) is 33.8 Å². The second kappa shape index (κ2) is 7.06. The molecule has 0 unspecified atom stereocenters. The highest BCUT2D eigenvalue weighted by atomic mass is 32.1. The molecular formula is C18H20N4O2S. The molecule has 2 aromatic rings. The van der Waals surface area contributed by atoms with Crippen molar-refractivity contribution in [1.29, 1.82) is 0 Å². The van der Waals surface area contributed by atoms with Crippen molar-refractivity contribution < 1.29 is 9.21 Å². The van der Waals surface area contributed by atoms with E-state index in [9.17, 15) is 4.79 Å². The van der Waals surface area contributed by atoms with Gasteiger partial charge in [0.15, 0.2) is 10.9 Å². The first-order valence-electron chi connectivity index (χ1n) is 8.09. The summed E-state index contributed by atoms with van der Waals surface area (Å²) >= 11 is 4.80. The van der Waals surface area contributed by atoms with Crippen LogP contribution < -0.4 is 16.5 Å². The number of amides is 1. The molecule has 0 saturated heterocycles. The van der Waals surface area contributed by atoms with Gasteiger partial charge < -0.3 is 15.5 Å². The van der Waals surface area contributed by atoms with E-state index in [-0.39, 0.29) is 11.0 Å². The number of nitrogens with two attached hydrogens (primary N) is 1. The van der Waals surface area contributed by atoms with E-state index in [1.165, 1.54) is 0 Å². The van der Waals surface area contributed by atoms with Crippen LogP contribution in [0.5, 0.6) is 0 Å². The predicted molar refractivity (Wildman–Crippen MR) is 102 cm³/mol. The second-order valence-electron chi connectivity index (χ2n) is 6.01. The first-order valence-corrected chi connectivity index (χ1v) is 8.50. The lowest BCUT2D eigenvalue weighted by Crippen LogP contribution is -2.26. The number of thiocarbonyl (C=S) groups is 1. The molecule has 1 aromatic carbocycles. The molecule has 1 heterocycles. The summed E-state index contributed by atoms with van der Waals surface area (Å²) in [5, 5.41) is 7.29. The van der Waals surface area contributed by atoms with Gasteiger partial charge in [-0.05, 0) is 50.5 Å². The molecule has 3 rings (SSSR count). The molecule has 0 aliphatic heterocycles. The summed E-state index contributed by atoms with van der Waals surface area (Å²) in [6.07, 6.45) is 2.46. The molecular weight excluding hydrogens is 336 g/mol. The van der Waals surface area contributed by atoms with Gasteiger partial charge in [0, 0.05) is 23.2 Å². The molecule has 0 spiro atoms. The SMILES string of the molecule is Cc1ccccc1NC(=O)c1oc2c(c1C)/C(=N/NC(N)=S)CCC2. The van der Waals surface area contributed by atoms with Gasteiger partial charge in [-0.15, -0.1) is 0 Å². The molecule has 1 aromatic heterocycles. The smallest absolute Gasteiger partial charge is 0.291 e. The monoisotopic (exact) mass is 356 g/mol. The summed E-state index contributed by atoms with van der Waals surface area (Å²) < 4.78 is 5.86. The quantitative estimate of drug-likeness (QED) is 0.581. The van der Waals surface area contributed by atoms with Crippen molar-refractivity contribution in [3.05, 3.63) is 52.5 Å². The van der Waals surface area contributed by atoms with Crippen LogP contribution in [0.25, 0.3) is 0 Å². The Labute approximate surface area is 151 Å². The second-order valence-corrected chi connectivity index (χ2v) is 6.45. The van der Waals surface area contributed by atoms with Crippen LogP contribution in [0, 0.1) is 13.8 Å². The van der Waals surface area contributed by atoms with Crippen LogP contribution in [0.3, 0.4) is 0 Å². The van der Waals surface area contributed by atoms with Crippen LogP contribution in [0.1, 0.15) is 45.8 Å². The Morgan fingerprint density at radius 3 is 2.76 bits per heavy atom. The van der Waals surface area contributed by atoms with Crippen LogP contribution >= 0.6 is 12.2 Å². The average molecular weight is 356 g/mol. The lowest BCUT2D eigenvalue weighted by atomic mass is 9.93. The number of rotatable bonds is 3. The molecule has 0 fully saturated rings. The summed E-state index contributed by atoms with van der Waals surface area (Å²) in [6.45, 7) is 3.82. The third-order valence-corrected chi connectivity index (χ3v) is 4.32. The average Bonchev–Trinajstić information content (AvgIpc) is 2.93. The first-order chi connectivity index (χ1) is 12.0. The number of hydrogen-bond donors (Lipinski definition) is 3. The fraction of sp³-hybridized carbons (Fsp3) is 0.278. The van der Waals surface area contributed by atoms with Gasteiger partial charge in [-0.1, -0.05) is 18.2 Å². The molecule has 0 bridgehead atoms. The molecule has 0 radical (unpaired) electrons. The highest BCUT2D eigenvalue weighted by Gasteiger charge is 2.28. The molecule has 1 amide bonds. The van der Waals surface area contributed by atoms with Crippen molar-refractivity contribution in [3.63, 3.8) is 0 Å². The maximum absolute atomic E-state index is 12.7. The number of nitrogens with one attached hydrogen (secondary N) is 2. The minimum Gasteiger partial charge on any atom is -0.455 e. The lowest BCUT2D eigenvalue weighted by Gasteiger charge is -2.13. The molecule has 7 heteroatoms. The number of para-hydroxylation sites is 1. The number of benzene rings is 1. The fourth-order valence-corrected chi connectivity index (χ4v) is 3.06. The number of carbonyl (C=O) groups excluding carboxylic acids is 1. The van der Waals surface area contributed by atoms with E-state index < -0.39 is 0 Å². The number of hydrogen-bond acceptors (Lipinski definition) is 4. The van der Waals surface area contributed by atoms with Crippen LogP contribution in [-0.2, 0) is 6.42 Å². The van der Waals surface area contributed by atoms with Crippen molar-refractivity contribution in [2.75, 3.05) is 5.32 Å². The van der Waals surface area contributed by atoms with Crippen LogP contribution in [0.4, 0.5) is 5.69 Å². The van der Waals surface area contributed by atoms with E-state index in [2.05, 4.69) is 15.8 Å². The van der Waals surface area contributed by atoms with Gasteiger partial charge in [0.25, 0.3) is 5.91 Å². The van der Waals surface area contributed by atoms with Gasteiger partial charge in [-0.3, -0.25) is 10.2 Å². The third kappa shape index (κ3) is 3.56. The van der Waals surface area contributed by atoms with Crippen molar-refractivity contribution in [3.8, 4) is 0 Å². The lowest BCUT2D eigenvalue weighted by molar-refractivity contribution is 0.0994. The maximum Gasteiger partial charge on any atom is 0.291 e. The van der Waals surface area contributed by atoms with E-state index in [0.717, 1.165) is 53.1 Å². The molecule has 25 heavy (non-hydrogen) atoms. The van der Waals surface area contributed by atoms with Crippen LogP contribution in [0.2, 0.25) is 0 Å². The van der Waals surface area contributed by atoms with Gasteiger partial charge in [-0.25, -0.2) is 0 Å². The van der Waals surface area contributed by atoms with Crippen molar-refractivity contribution in [2.24, 2.45) is 10.8 Å². The molecule has 4 N–H and O–H groups in total. The number of carbonyl (C=O) groups is 1. The van der Waals surface area contributed by atoms with Gasteiger partial charge in [-0.2, -0.15) is 5.10 Å². The summed E-state index contributed by atoms with van der Waals surface area (Å²) in [4.78, 5) is 12.7. The fourth-order valence-electron chi connectivity index (χ4n) is 3.01. The highest BCUT2D eigenvalue weighted by Crippen LogP contribution is 2.30. The molecule has 1 aliphatic rings. The largest absolute Gasteiger partial charge is 0.455 e. The molecule has 0 saturated carbocycles. The summed E-state index contributed by atoms with van der Waals surface area (Å²) in [7, 11) is 0. The van der Waals surface area contributed by atoms with Gasteiger partial charge in [0.2, 0.25) is 0 Å². The predicted octanol–water partition coefficient (Wildman–Crippen LogP) is 3.02. The summed E-state index contributed by atoms with van der Waals surface area (Å²) in [5.41, 5.74) is 12.3. The Bertz CT molecular complexity index is 870. The zero-order valence-electron chi connectivity index (χ0n) is 14.2. The minimum atomic E-state index is -0.261. The van der Waals surface area contributed by atoms with Crippen molar-refractivity contribution in [1.82, 2.24) is 5.43 Å². The Balaban J connectivity index is 1.92. The number of aryl methyl sites for hydroxylation is 2. The Morgan fingerprint density at radius 2 is 2.04 bits per heavy atom. The number of nitrogens with zero attached hydrogens (tertiary/aromatic N) is 1. The van der Waals surface area contributed by atoms with Crippen molar-refractivity contribution >= 4 is 34.6 Å². The van der Waals surface area contributed by atoms with E-state index in [1.54, 1.807) is 0 Å². The molecule has 0 atom stereocenters. The standard InChI is InChI=1S/C18H20N4O2S/c1-10-6-3-4-7-12(10)20-17(23)16-11(2)15-13(21-22-18(19)25)8-5-9-14(15)24-16/h3-4,6-7H,5,8-9H2,1-2H3,(H,20,23)(H3,19,22,25)/b21-13+. The highest BCUT2D eigenvalue weighted by molar-refractivity contribution is 7.80. The Hall–Kier alpha value is -2.67. The van der Waals surface area contributed by atoms with E-state index in [4.69, 9.17) is 22.4 Å². The number of fused-ring (bicyclic) bond motifs is 1. The topological polar surface area (TPSA) is 92.6 Å². The molecule has 1 aliphatic carbocycles. The minimum absolute atomic E-state index is 0.110. The van der Waals surface area contributed by atoms with E-state index >= 15 is 0 Å². The summed E-state index contributed by atoms with van der Waals surface area (Å²) in [5.74, 6) is 0.836. The number of anilines is 1. The zero-order chi connectivity index (χ0) is 18.0. The number of furan rings is 1. The van der Waals surface area contributed by atoms with Gasteiger partial charge >= 0.3 is 0 Å². The normalized spacial score (nSPS) is 14.9. The van der Waals surface area contributed by atoms with E-state index in [1.807, 2.05) is 38.1 Å². The van der Waals surface area contributed by atoms with Gasteiger partial charge in [0.1, 0.15) is 5.76 Å².